The first-order chi connectivity index (χ1) is 20.1. The minimum atomic E-state index is -0.566. The molecule has 2 amide bonds. The van der Waals surface area contributed by atoms with Crippen LogP contribution in [0.1, 0.15) is 64.2 Å². The van der Waals surface area contributed by atoms with Gasteiger partial charge in [0.25, 0.3) is 11.8 Å². The number of hydrogen-bond donors (Lipinski definition) is 3. The summed E-state index contributed by atoms with van der Waals surface area (Å²) in [6, 6.07) is 10.9. The summed E-state index contributed by atoms with van der Waals surface area (Å²) in [5.74, 6) is 0.916. The van der Waals surface area contributed by atoms with Crippen molar-refractivity contribution in [1.29, 1.82) is 0 Å². The lowest BCUT2D eigenvalue weighted by atomic mass is 9.98. The normalized spacial score (nSPS) is 11.8. The van der Waals surface area contributed by atoms with Gasteiger partial charge in [0.05, 0.1) is 17.9 Å². The summed E-state index contributed by atoms with van der Waals surface area (Å²) < 4.78 is 25.4. The van der Waals surface area contributed by atoms with E-state index < -0.39 is 6.67 Å². The summed E-state index contributed by atoms with van der Waals surface area (Å²) in [4.78, 5) is 25.9. The summed E-state index contributed by atoms with van der Waals surface area (Å²) >= 11 is 0. The van der Waals surface area contributed by atoms with Gasteiger partial charge >= 0.3 is 0 Å². The van der Waals surface area contributed by atoms with Crippen LogP contribution in [0, 0.1) is 19.8 Å². The number of carbonyl (C=O) groups excluding carboxylic acids is 2. The van der Waals surface area contributed by atoms with E-state index in [1.54, 1.807) is 32.2 Å². The SMILES string of the molecule is CNC(=O)c1c(C/C=C(\C)CF)oc2ccc(-c3cc(C(=O)NCC(C)C)ccc3OCCc3c(C)n[nH]c3C)cc12. The number of benzene rings is 2. The smallest absolute Gasteiger partial charge is 0.255 e. The Morgan fingerprint density at radius 2 is 1.93 bits per heavy atom. The fourth-order valence-corrected chi connectivity index (χ4v) is 4.78. The van der Waals surface area contributed by atoms with Crippen LogP contribution in [-0.2, 0) is 12.8 Å². The molecule has 0 aliphatic heterocycles. The molecule has 4 aromatic rings. The van der Waals surface area contributed by atoms with Gasteiger partial charge in [-0.1, -0.05) is 26.0 Å². The molecule has 0 unspecified atom stereocenters. The fraction of sp³-hybridized carbons (Fsp3) is 0.364. The van der Waals surface area contributed by atoms with E-state index in [1.165, 1.54) is 0 Å². The molecule has 0 aliphatic carbocycles. The van der Waals surface area contributed by atoms with E-state index in [9.17, 15) is 14.0 Å². The van der Waals surface area contributed by atoms with Crippen LogP contribution in [0.4, 0.5) is 4.39 Å². The zero-order valence-corrected chi connectivity index (χ0v) is 25.1. The molecule has 2 aromatic heterocycles. The molecule has 9 heteroatoms. The first-order valence-electron chi connectivity index (χ1n) is 14.2. The Morgan fingerprint density at radius 1 is 1.14 bits per heavy atom. The number of rotatable bonds is 12. The molecule has 3 N–H and O–H groups in total. The maximum absolute atomic E-state index is 13.1. The third-order valence-electron chi connectivity index (χ3n) is 7.18. The van der Waals surface area contributed by atoms with Crippen LogP contribution in [0.25, 0.3) is 22.1 Å². The van der Waals surface area contributed by atoms with Gasteiger partial charge in [-0.15, -0.1) is 0 Å². The molecule has 0 spiro atoms. The highest BCUT2D eigenvalue weighted by atomic mass is 19.1. The van der Waals surface area contributed by atoms with Gasteiger partial charge in [0.1, 0.15) is 23.8 Å². The van der Waals surface area contributed by atoms with Crippen molar-refractivity contribution in [3.05, 3.63) is 81.9 Å². The number of allylic oxidation sites excluding steroid dienone is 2. The first-order valence-corrected chi connectivity index (χ1v) is 14.2. The van der Waals surface area contributed by atoms with Crippen molar-refractivity contribution in [2.45, 2.75) is 47.5 Å². The second-order valence-electron chi connectivity index (χ2n) is 10.9. The van der Waals surface area contributed by atoms with Crippen molar-refractivity contribution in [2.75, 3.05) is 26.9 Å². The third kappa shape index (κ3) is 6.90. The first kappa shape index (κ1) is 30.6. The van der Waals surface area contributed by atoms with E-state index in [1.807, 2.05) is 52.0 Å². The molecule has 0 bridgehead atoms. The second kappa shape index (κ2) is 13.5. The maximum atomic E-state index is 13.1. The minimum Gasteiger partial charge on any atom is -0.493 e. The highest BCUT2D eigenvalue weighted by Crippen LogP contribution is 2.36. The van der Waals surface area contributed by atoms with Gasteiger partial charge in [-0.05, 0) is 73.7 Å². The van der Waals surface area contributed by atoms with Crippen LogP contribution < -0.4 is 15.4 Å². The Kier molecular flexibility index (Phi) is 9.83. The number of fused-ring (bicyclic) bond motifs is 1. The topological polar surface area (TPSA) is 109 Å². The number of aromatic amines is 1. The molecule has 4 rings (SSSR count). The van der Waals surface area contributed by atoms with Gasteiger partial charge in [-0.3, -0.25) is 14.7 Å². The number of aryl methyl sites for hydroxylation is 2. The van der Waals surface area contributed by atoms with E-state index in [4.69, 9.17) is 9.15 Å². The maximum Gasteiger partial charge on any atom is 0.255 e. The average molecular weight is 575 g/mol. The highest BCUT2D eigenvalue weighted by Gasteiger charge is 2.21. The predicted octanol–water partition coefficient (Wildman–Crippen LogP) is 6.26. The lowest BCUT2D eigenvalue weighted by Crippen LogP contribution is -2.27. The Balaban J connectivity index is 1.76. The number of nitrogens with one attached hydrogen (secondary N) is 3. The monoisotopic (exact) mass is 574 g/mol. The molecule has 0 atom stereocenters. The number of furan rings is 1. The highest BCUT2D eigenvalue weighted by molar-refractivity contribution is 6.08. The number of alkyl halides is 1. The van der Waals surface area contributed by atoms with E-state index in [0.717, 1.165) is 22.5 Å². The molecule has 222 valence electrons. The van der Waals surface area contributed by atoms with Crippen LogP contribution in [0.15, 0.2) is 52.5 Å². The molecule has 0 fully saturated rings. The van der Waals surface area contributed by atoms with Crippen molar-refractivity contribution in [2.24, 2.45) is 5.92 Å². The zero-order chi connectivity index (χ0) is 30.4. The van der Waals surface area contributed by atoms with Crippen molar-refractivity contribution in [3.63, 3.8) is 0 Å². The quantitative estimate of drug-likeness (QED) is 0.173. The van der Waals surface area contributed by atoms with Crippen LogP contribution in [0.5, 0.6) is 5.75 Å². The van der Waals surface area contributed by atoms with Crippen LogP contribution in [0.3, 0.4) is 0 Å². The molecule has 2 aromatic carbocycles. The van der Waals surface area contributed by atoms with Crippen molar-refractivity contribution >= 4 is 22.8 Å². The number of hydrogen-bond acceptors (Lipinski definition) is 5. The summed E-state index contributed by atoms with van der Waals surface area (Å²) in [7, 11) is 1.56. The standard InChI is InChI=1S/C33H39FN4O4/c1-19(2)18-36-32(39)24-9-11-28(41-14-13-25-21(4)37-38-22(25)5)26(16-24)23-8-12-29-27(15-23)31(33(40)35-6)30(42-29)10-7-20(3)17-34/h7-9,11-12,15-16,19H,10,13-14,17-18H2,1-6H3,(H,35,40)(H,36,39)(H,37,38)/b20-7+. The molecule has 42 heavy (non-hydrogen) atoms. The second-order valence-corrected chi connectivity index (χ2v) is 10.9. The molecular formula is C33H39FN4O4. The molecule has 0 saturated heterocycles. The lowest BCUT2D eigenvalue weighted by molar-refractivity contribution is 0.0945. The largest absolute Gasteiger partial charge is 0.493 e. The third-order valence-corrected chi connectivity index (χ3v) is 7.18. The fourth-order valence-electron chi connectivity index (χ4n) is 4.78. The lowest BCUT2D eigenvalue weighted by Gasteiger charge is -2.15. The molecular weight excluding hydrogens is 535 g/mol. The van der Waals surface area contributed by atoms with E-state index in [-0.39, 0.29) is 18.2 Å². The van der Waals surface area contributed by atoms with Gasteiger partial charge in [-0.25, -0.2) is 4.39 Å². The number of carbonyl (C=O) groups is 2. The molecule has 0 radical (unpaired) electrons. The molecule has 2 heterocycles. The van der Waals surface area contributed by atoms with Gasteiger partial charge in [0.2, 0.25) is 0 Å². The number of nitrogens with zero attached hydrogens (tertiary/aromatic N) is 1. The molecule has 0 saturated carbocycles. The number of ether oxygens (including phenoxy) is 1. The van der Waals surface area contributed by atoms with Crippen LogP contribution in [0.2, 0.25) is 0 Å². The van der Waals surface area contributed by atoms with Crippen molar-refractivity contribution < 1.29 is 23.1 Å². The van der Waals surface area contributed by atoms with Gasteiger partial charge in [0, 0.05) is 48.6 Å². The summed E-state index contributed by atoms with van der Waals surface area (Å²) in [5.41, 5.74) is 6.55. The number of H-pyrrole nitrogens is 1. The summed E-state index contributed by atoms with van der Waals surface area (Å²) in [5, 5.41) is 13.6. The van der Waals surface area contributed by atoms with Crippen LogP contribution >= 0.6 is 0 Å². The zero-order valence-electron chi connectivity index (χ0n) is 25.1. The van der Waals surface area contributed by atoms with Crippen LogP contribution in [-0.4, -0.2) is 48.9 Å². The van der Waals surface area contributed by atoms with E-state index in [2.05, 4.69) is 20.8 Å². The van der Waals surface area contributed by atoms with Crippen molar-refractivity contribution in [1.82, 2.24) is 20.8 Å². The van der Waals surface area contributed by atoms with E-state index in [0.29, 0.717) is 70.2 Å². The molecule has 0 aliphatic rings. The molecule has 8 nitrogen and oxygen atoms in total. The Morgan fingerprint density at radius 3 is 2.60 bits per heavy atom. The average Bonchev–Trinajstić information content (AvgIpc) is 3.52. The summed E-state index contributed by atoms with van der Waals surface area (Å²) in [6.45, 7) is 10.1. The van der Waals surface area contributed by atoms with E-state index >= 15 is 0 Å². The summed E-state index contributed by atoms with van der Waals surface area (Å²) in [6.07, 6.45) is 2.68. The van der Waals surface area contributed by atoms with Gasteiger partial charge in [-0.2, -0.15) is 5.10 Å². The Bertz CT molecular complexity index is 1600. The van der Waals surface area contributed by atoms with Gasteiger partial charge < -0.3 is 19.8 Å². The Hall–Kier alpha value is -4.40. The number of halogens is 1. The minimum absolute atomic E-state index is 0.172. The Labute approximate surface area is 245 Å². The number of aromatic nitrogens is 2. The van der Waals surface area contributed by atoms with Gasteiger partial charge in [0.15, 0.2) is 0 Å². The number of amides is 2. The predicted molar refractivity (Wildman–Crippen MR) is 163 cm³/mol. The van der Waals surface area contributed by atoms with Crippen molar-refractivity contribution in [3.8, 4) is 16.9 Å².